The van der Waals surface area contributed by atoms with Gasteiger partial charge in [-0.25, -0.2) is 0 Å². The zero-order chi connectivity index (χ0) is 17.3. The SMILES string of the molecule is CCCCCCCCN(c1ccccc1)c1cccc2ccccc12. The third-order valence-corrected chi connectivity index (χ3v) is 4.86. The van der Waals surface area contributed by atoms with Crippen molar-refractivity contribution in [1.82, 2.24) is 0 Å². The predicted octanol–water partition coefficient (Wildman–Crippen LogP) is 7.34. The monoisotopic (exact) mass is 331 g/mol. The van der Waals surface area contributed by atoms with Crippen LogP contribution in [0.5, 0.6) is 0 Å². The van der Waals surface area contributed by atoms with Crippen molar-refractivity contribution in [1.29, 1.82) is 0 Å². The van der Waals surface area contributed by atoms with Gasteiger partial charge in [-0.15, -0.1) is 0 Å². The van der Waals surface area contributed by atoms with Gasteiger partial charge < -0.3 is 4.90 Å². The average molecular weight is 332 g/mol. The molecule has 3 rings (SSSR count). The van der Waals surface area contributed by atoms with Crippen molar-refractivity contribution in [2.75, 3.05) is 11.4 Å². The van der Waals surface area contributed by atoms with Gasteiger partial charge in [-0.1, -0.05) is 93.6 Å². The Morgan fingerprint density at radius 2 is 1.32 bits per heavy atom. The van der Waals surface area contributed by atoms with Crippen molar-refractivity contribution in [3.05, 3.63) is 72.8 Å². The highest BCUT2D eigenvalue weighted by Crippen LogP contribution is 2.32. The van der Waals surface area contributed by atoms with Gasteiger partial charge in [0, 0.05) is 23.3 Å². The molecule has 0 radical (unpaired) electrons. The Morgan fingerprint density at radius 1 is 0.640 bits per heavy atom. The van der Waals surface area contributed by atoms with Crippen LogP contribution < -0.4 is 4.90 Å². The van der Waals surface area contributed by atoms with E-state index in [1.165, 1.54) is 60.7 Å². The van der Waals surface area contributed by atoms with E-state index in [2.05, 4.69) is 84.6 Å². The van der Waals surface area contributed by atoms with Gasteiger partial charge in [0.05, 0.1) is 0 Å². The van der Waals surface area contributed by atoms with E-state index in [1.54, 1.807) is 0 Å². The van der Waals surface area contributed by atoms with Crippen LogP contribution in [0, 0.1) is 0 Å². The summed E-state index contributed by atoms with van der Waals surface area (Å²) in [5, 5.41) is 2.64. The van der Waals surface area contributed by atoms with Crippen molar-refractivity contribution >= 4 is 22.1 Å². The zero-order valence-electron chi connectivity index (χ0n) is 15.3. The molecule has 25 heavy (non-hydrogen) atoms. The molecule has 0 aliphatic rings. The highest BCUT2D eigenvalue weighted by atomic mass is 15.1. The maximum absolute atomic E-state index is 2.49. The van der Waals surface area contributed by atoms with E-state index >= 15 is 0 Å². The first-order valence-corrected chi connectivity index (χ1v) is 9.70. The first kappa shape index (κ1) is 17.5. The molecule has 0 amide bonds. The Kier molecular flexibility index (Phi) is 6.50. The van der Waals surface area contributed by atoms with Gasteiger partial charge in [-0.3, -0.25) is 0 Å². The molecule has 0 aliphatic carbocycles. The van der Waals surface area contributed by atoms with Crippen molar-refractivity contribution in [2.45, 2.75) is 45.4 Å². The smallest absolute Gasteiger partial charge is 0.0490 e. The highest BCUT2D eigenvalue weighted by Gasteiger charge is 2.11. The summed E-state index contributed by atoms with van der Waals surface area (Å²) in [5.41, 5.74) is 2.60. The minimum Gasteiger partial charge on any atom is -0.341 e. The lowest BCUT2D eigenvalue weighted by Gasteiger charge is -2.26. The summed E-state index contributed by atoms with van der Waals surface area (Å²) in [6.07, 6.45) is 7.95. The first-order valence-electron chi connectivity index (χ1n) is 9.70. The molecule has 0 aliphatic heterocycles. The third kappa shape index (κ3) is 4.63. The van der Waals surface area contributed by atoms with Gasteiger partial charge in [-0.2, -0.15) is 0 Å². The number of unbranched alkanes of at least 4 members (excludes halogenated alkanes) is 5. The predicted molar refractivity (Wildman–Crippen MR) is 111 cm³/mol. The molecule has 0 aromatic heterocycles. The molecular formula is C24H29N. The number of fused-ring (bicyclic) bond motifs is 1. The van der Waals surface area contributed by atoms with Gasteiger partial charge >= 0.3 is 0 Å². The van der Waals surface area contributed by atoms with Crippen molar-refractivity contribution in [3.63, 3.8) is 0 Å². The molecule has 130 valence electrons. The van der Waals surface area contributed by atoms with Crippen LogP contribution in [0.15, 0.2) is 72.8 Å². The fraction of sp³-hybridized carbons (Fsp3) is 0.333. The molecule has 0 saturated heterocycles. The maximum atomic E-state index is 2.49. The molecule has 0 atom stereocenters. The molecule has 0 heterocycles. The average Bonchev–Trinajstić information content (AvgIpc) is 2.68. The summed E-state index contributed by atoms with van der Waals surface area (Å²) in [5.74, 6) is 0. The lowest BCUT2D eigenvalue weighted by molar-refractivity contribution is 0.609. The molecule has 0 spiro atoms. The van der Waals surface area contributed by atoms with Crippen LogP contribution in [-0.4, -0.2) is 6.54 Å². The lowest BCUT2D eigenvalue weighted by Crippen LogP contribution is -2.18. The molecule has 3 aromatic rings. The summed E-state index contributed by atoms with van der Waals surface area (Å²) >= 11 is 0. The Labute approximate surface area is 152 Å². The van der Waals surface area contributed by atoms with E-state index in [1.807, 2.05) is 0 Å². The number of nitrogens with zero attached hydrogens (tertiary/aromatic N) is 1. The fourth-order valence-corrected chi connectivity index (χ4v) is 3.49. The van der Waals surface area contributed by atoms with Crippen LogP contribution in [0.1, 0.15) is 45.4 Å². The minimum absolute atomic E-state index is 1.07. The van der Waals surface area contributed by atoms with Crippen LogP contribution in [-0.2, 0) is 0 Å². The molecule has 1 nitrogen and oxygen atoms in total. The van der Waals surface area contributed by atoms with E-state index in [-0.39, 0.29) is 0 Å². The molecule has 0 N–H and O–H groups in total. The Balaban J connectivity index is 1.81. The maximum Gasteiger partial charge on any atom is 0.0490 e. The van der Waals surface area contributed by atoms with Crippen LogP contribution in [0.2, 0.25) is 0 Å². The largest absolute Gasteiger partial charge is 0.341 e. The summed E-state index contributed by atoms with van der Waals surface area (Å²) < 4.78 is 0. The number of hydrogen-bond donors (Lipinski definition) is 0. The summed E-state index contributed by atoms with van der Waals surface area (Å²) in [6.45, 7) is 3.35. The van der Waals surface area contributed by atoms with Crippen LogP contribution in [0.3, 0.4) is 0 Å². The van der Waals surface area contributed by atoms with E-state index in [4.69, 9.17) is 0 Å². The number of rotatable bonds is 9. The van der Waals surface area contributed by atoms with E-state index in [0.717, 1.165) is 6.54 Å². The van der Waals surface area contributed by atoms with Crippen LogP contribution in [0.4, 0.5) is 11.4 Å². The van der Waals surface area contributed by atoms with Crippen LogP contribution >= 0.6 is 0 Å². The molecule has 3 aromatic carbocycles. The van der Waals surface area contributed by atoms with Gasteiger partial charge in [0.1, 0.15) is 0 Å². The second-order valence-corrected chi connectivity index (χ2v) is 6.75. The lowest BCUT2D eigenvalue weighted by atomic mass is 10.1. The fourth-order valence-electron chi connectivity index (χ4n) is 3.49. The standard InChI is InChI=1S/C24H29N/c1-2-3-4-5-6-12-20-25(22-16-8-7-9-17-22)24-19-13-15-21-14-10-11-18-23(21)24/h7-11,13-19H,2-6,12,20H2,1H3. The number of benzene rings is 3. The first-order chi connectivity index (χ1) is 12.4. The van der Waals surface area contributed by atoms with Gasteiger partial charge in [-0.05, 0) is 30.0 Å². The minimum atomic E-state index is 1.07. The van der Waals surface area contributed by atoms with Gasteiger partial charge in [0.2, 0.25) is 0 Å². The van der Waals surface area contributed by atoms with E-state index in [9.17, 15) is 0 Å². The highest BCUT2D eigenvalue weighted by molar-refractivity contribution is 5.96. The molecule has 1 heteroatoms. The number of anilines is 2. The van der Waals surface area contributed by atoms with Crippen molar-refractivity contribution in [3.8, 4) is 0 Å². The van der Waals surface area contributed by atoms with E-state index < -0.39 is 0 Å². The van der Waals surface area contributed by atoms with E-state index in [0.29, 0.717) is 0 Å². The molecule has 0 fully saturated rings. The number of para-hydroxylation sites is 1. The Morgan fingerprint density at radius 3 is 2.16 bits per heavy atom. The molecular weight excluding hydrogens is 302 g/mol. The molecule has 0 saturated carbocycles. The number of hydrogen-bond acceptors (Lipinski definition) is 1. The molecule has 0 unspecified atom stereocenters. The third-order valence-electron chi connectivity index (χ3n) is 4.86. The Hall–Kier alpha value is -2.28. The van der Waals surface area contributed by atoms with Crippen LogP contribution in [0.25, 0.3) is 10.8 Å². The zero-order valence-corrected chi connectivity index (χ0v) is 15.3. The normalized spacial score (nSPS) is 10.9. The second kappa shape index (κ2) is 9.27. The Bertz CT molecular complexity index is 758. The van der Waals surface area contributed by atoms with Gasteiger partial charge in [0.25, 0.3) is 0 Å². The summed E-state index contributed by atoms with van der Waals surface area (Å²) in [4.78, 5) is 2.49. The quantitative estimate of drug-likeness (QED) is 0.371. The molecule has 0 bridgehead atoms. The van der Waals surface area contributed by atoms with Crippen molar-refractivity contribution in [2.24, 2.45) is 0 Å². The summed E-state index contributed by atoms with van der Waals surface area (Å²) in [6, 6.07) is 26.1. The second-order valence-electron chi connectivity index (χ2n) is 6.75. The van der Waals surface area contributed by atoms with Crippen molar-refractivity contribution < 1.29 is 0 Å². The van der Waals surface area contributed by atoms with Gasteiger partial charge in [0.15, 0.2) is 0 Å². The summed E-state index contributed by atoms with van der Waals surface area (Å²) in [7, 11) is 0. The topological polar surface area (TPSA) is 3.24 Å².